The molecule has 1 fully saturated rings. The first-order valence-electron chi connectivity index (χ1n) is 6.40. The third-order valence-corrected chi connectivity index (χ3v) is 3.55. The predicted octanol–water partition coefficient (Wildman–Crippen LogP) is 0.669. The van der Waals surface area contributed by atoms with Gasteiger partial charge >= 0.3 is 0 Å². The number of hydrogen-bond donors (Lipinski definition) is 3. The summed E-state index contributed by atoms with van der Waals surface area (Å²) in [6.07, 6.45) is 4.72. The van der Waals surface area contributed by atoms with Gasteiger partial charge in [0.05, 0.1) is 0 Å². The number of aliphatic hydroxyl groups is 1. The van der Waals surface area contributed by atoms with Crippen molar-refractivity contribution in [2.24, 2.45) is 11.8 Å². The summed E-state index contributed by atoms with van der Waals surface area (Å²) in [5, 5.41) is 9.04. The monoisotopic (exact) mass is 251 g/mol. The summed E-state index contributed by atoms with van der Waals surface area (Å²) in [6, 6.07) is 0. The SMILES string of the molecule is Cc1c(NN)ncnc1N1CCCC(CCO)C1. The smallest absolute Gasteiger partial charge is 0.148 e. The van der Waals surface area contributed by atoms with E-state index in [-0.39, 0.29) is 6.61 Å². The molecule has 0 radical (unpaired) electrons. The molecule has 1 atom stereocenters. The topological polar surface area (TPSA) is 87.3 Å². The van der Waals surface area contributed by atoms with Crippen molar-refractivity contribution in [1.82, 2.24) is 9.97 Å². The highest BCUT2D eigenvalue weighted by atomic mass is 16.3. The molecule has 100 valence electrons. The van der Waals surface area contributed by atoms with E-state index in [9.17, 15) is 0 Å². The van der Waals surface area contributed by atoms with Crippen molar-refractivity contribution >= 4 is 11.6 Å². The van der Waals surface area contributed by atoms with Crippen LogP contribution in [0.1, 0.15) is 24.8 Å². The van der Waals surface area contributed by atoms with Crippen LogP contribution < -0.4 is 16.2 Å². The van der Waals surface area contributed by atoms with Crippen LogP contribution in [-0.2, 0) is 0 Å². The zero-order chi connectivity index (χ0) is 13.0. The molecule has 0 spiro atoms. The van der Waals surface area contributed by atoms with Crippen LogP contribution in [-0.4, -0.2) is 34.8 Å². The fourth-order valence-electron chi connectivity index (χ4n) is 2.58. The number of rotatable bonds is 4. The molecule has 6 nitrogen and oxygen atoms in total. The number of anilines is 2. The molecule has 1 unspecified atom stereocenters. The number of nitrogen functional groups attached to an aromatic ring is 1. The van der Waals surface area contributed by atoms with Gasteiger partial charge in [-0.3, -0.25) is 0 Å². The molecule has 1 saturated heterocycles. The van der Waals surface area contributed by atoms with Crippen molar-refractivity contribution < 1.29 is 5.11 Å². The van der Waals surface area contributed by atoms with E-state index >= 15 is 0 Å². The summed E-state index contributed by atoms with van der Waals surface area (Å²) in [7, 11) is 0. The summed E-state index contributed by atoms with van der Waals surface area (Å²) in [6.45, 7) is 4.18. The molecule has 0 bridgehead atoms. The Kier molecular flexibility index (Phi) is 4.33. The summed E-state index contributed by atoms with van der Waals surface area (Å²) >= 11 is 0. The maximum atomic E-state index is 9.04. The maximum absolute atomic E-state index is 9.04. The van der Waals surface area contributed by atoms with Gasteiger partial charge in [-0.15, -0.1) is 0 Å². The Hall–Kier alpha value is -1.40. The van der Waals surface area contributed by atoms with Crippen LogP contribution in [0.3, 0.4) is 0 Å². The second-order valence-corrected chi connectivity index (χ2v) is 4.78. The van der Waals surface area contributed by atoms with Crippen molar-refractivity contribution in [3.8, 4) is 0 Å². The fourth-order valence-corrected chi connectivity index (χ4v) is 2.58. The third kappa shape index (κ3) is 2.70. The van der Waals surface area contributed by atoms with Crippen molar-refractivity contribution in [2.45, 2.75) is 26.2 Å². The highest BCUT2D eigenvalue weighted by Gasteiger charge is 2.22. The Labute approximate surface area is 107 Å². The number of nitrogens with two attached hydrogens (primary N) is 1. The minimum absolute atomic E-state index is 0.261. The van der Waals surface area contributed by atoms with Crippen LogP contribution in [0, 0.1) is 12.8 Å². The molecule has 1 aliphatic rings. The highest BCUT2D eigenvalue weighted by molar-refractivity contribution is 5.57. The quantitative estimate of drug-likeness (QED) is 0.538. The van der Waals surface area contributed by atoms with Gasteiger partial charge in [0.25, 0.3) is 0 Å². The van der Waals surface area contributed by atoms with E-state index in [2.05, 4.69) is 20.3 Å². The van der Waals surface area contributed by atoms with Gasteiger partial charge in [-0.05, 0) is 32.1 Å². The molecule has 1 aromatic heterocycles. The Bertz CT molecular complexity index is 396. The zero-order valence-corrected chi connectivity index (χ0v) is 10.8. The molecular formula is C12H21N5O. The van der Waals surface area contributed by atoms with Crippen LogP contribution in [0.25, 0.3) is 0 Å². The van der Waals surface area contributed by atoms with Crippen LogP contribution in [0.2, 0.25) is 0 Å². The van der Waals surface area contributed by atoms with E-state index in [0.29, 0.717) is 11.7 Å². The number of aromatic nitrogens is 2. The first-order chi connectivity index (χ1) is 8.76. The average molecular weight is 251 g/mol. The Morgan fingerprint density at radius 2 is 2.39 bits per heavy atom. The van der Waals surface area contributed by atoms with E-state index < -0.39 is 0 Å². The summed E-state index contributed by atoms with van der Waals surface area (Å²) < 4.78 is 0. The van der Waals surface area contributed by atoms with Gasteiger partial charge in [-0.25, -0.2) is 15.8 Å². The van der Waals surface area contributed by atoms with Crippen molar-refractivity contribution in [3.05, 3.63) is 11.9 Å². The molecule has 0 aliphatic carbocycles. The van der Waals surface area contributed by atoms with Gasteiger partial charge in [0.1, 0.15) is 18.0 Å². The van der Waals surface area contributed by atoms with Crippen LogP contribution >= 0.6 is 0 Å². The first kappa shape index (κ1) is 13.0. The van der Waals surface area contributed by atoms with Crippen LogP contribution in [0.15, 0.2) is 6.33 Å². The van der Waals surface area contributed by atoms with Crippen LogP contribution in [0.5, 0.6) is 0 Å². The van der Waals surface area contributed by atoms with Crippen LogP contribution in [0.4, 0.5) is 11.6 Å². The number of hydrazine groups is 1. The van der Waals surface area contributed by atoms with E-state index in [1.54, 1.807) is 0 Å². The summed E-state index contributed by atoms with van der Waals surface area (Å²) in [5.41, 5.74) is 3.57. The minimum Gasteiger partial charge on any atom is -0.396 e. The lowest BCUT2D eigenvalue weighted by Crippen LogP contribution is -2.37. The van der Waals surface area contributed by atoms with E-state index in [0.717, 1.165) is 37.3 Å². The number of nitrogens with zero attached hydrogens (tertiary/aromatic N) is 3. The average Bonchev–Trinajstić information content (AvgIpc) is 2.40. The van der Waals surface area contributed by atoms with E-state index in [1.165, 1.54) is 12.7 Å². The van der Waals surface area contributed by atoms with Gasteiger partial charge in [-0.1, -0.05) is 0 Å². The number of hydrogen-bond acceptors (Lipinski definition) is 6. The standard InChI is InChI=1S/C12H21N5O/c1-9-11(16-13)14-8-15-12(9)17-5-2-3-10(7-17)4-6-18/h8,10,18H,2-7,13H2,1H3,(H,14,15,16). The predicted molar refractivity (Wildman–Crippen MR) is 71.2 cm³/mol. The second kappa shape index (κ2) is 5.97. The van der Waals surface area contributed by atoms with E-state index in [1.807, 2.05) is 6.92 Å². The Morgan fingerprint density at radius 3 is 3.11 bits per heavy atom. The maximum Gasteiger partial charge on any atom is 0.148 e. The lowest BCUT2D eigenvalue weighted by Gasteiger charge is -2.34. The lowest BCUT2D eigenvalue weighted by molar-refractivity contribution is 0.244. The summed E-state index contributed by atoms with van der Waals surface area (Å²) in [4.78, 5) is 10.7. The zero-order valence-electron chi connectivity index (χ0n) is 10.8. The highest BCUT2D eigenvalue weighted by Crippen LogP contribution is 2.27. The van der Waals surface area contributed by atoms with E-state index in [4.69, 9.17) is 10.9 Å². The van der Waals surface area contributed by atoms with Gasteiger partial charge in [0.15, 0.2) is 0 Å². The molecule has 2 heterocycles. The summed E-state index contributed by atoms with van der Waals surface area (Å²) in [5.74, 6) is 7.60. The van der Waals surface area contributed by atoms with Crippen molar-refractivity contribution in [3.63, 3.8) is 0 Å². The molecule has 18 heavy (non-hydrogen) atoms. The number of aliphatic hydroxyl groups excluding tert-OH is 1. The largest absolute Gasteiger partial charge is 0.396 e. The molecule has 6 heteroatoms. The van der Waals surface area contributed by atoms with Crippen molar-refractivity contribution in [1.29, 1.82) is 0 Å². The lowest BCUT2D eigenvalue weighted by atomic mass is 9.95. The molecule has 4 N–H and O–H groups in total. The Morgan fingerprint density at radius 1 is 1.56 bits per heavy atom. The molecular weight excluding hydrogens is 230 g/mol. The third-order valence-electron chi connectivity index (χ3n) is 3.55. The Balaban J connectivity index is 2.15. The molecule has 1 aromatic rings. The number of piperidine rings is 1. The molecule has 0 aromatic carbocycles. The minimum atomic E-state index is 0.261. The molecule has 1 aliphatic heterocycles. The van der Waals surface area contributed by atoms with Gasteiger partial charge < -0.3 is 15.4 Å². The molecule has 0 saturated carbocycles. The molecule has 0 amide bonds. The number of nitrogens with one attached hydrogen (secondary N) is 1. The van der Waals surface area contributed by atoms with Gasteiger partial charge in [0.2, 0.25) is 0 Å². The normalized spacial score (nSPS) is 19.9. The van der Waals surface area contributed by atoms with Crippen molar-refractivity contribution in [2.75, 3.05) is 30.0 Å². The fraction of sp³-hybridized carbons (Fsp3) is 0.667. The first-order valence-corrected chi connectivity index (χ1v) is 6.40. The second-order valence-electron chi connectivity index (χ2n) is 4.78. The molecule has 2 rings (SSSR count). The van der Waals surface area contributed by atoms with Gasteiger partial charge in [-0.2, -0.15) is 0 Å². The van der Waals surface area contributed by atoms with Gasteiger partial charge in [0, 0.05) is 25.3 Å².